The molecule has 1 heterocycles. The molecule has 1 saturated carbocycles. The summed E-state index contributed by atoms with van der Waals surface area (Å²) in [6, 6.07) is 2.64. The van der Waals surface area contributed by atoms with Gasteiger partial charge in [0.15, 0.2) is 12.0 Å². The van der Waals surface area contributed by atoms with E-state index in [1.54, 1.807) is 0 Å². The molecule has 0 bridgehead atoms. The molecule has 0 N–H and O–H groups in total. The second kappa shape index (κ2) is 3.64. The molecule has 0 amide bonds. The van der Waals surface area contributed by atoms with Crippen LogP contribution in [0.1, 0.15) is 23.3 Å². The predicted octanol–water partition coefficient (Wildman–Crippen LogP) is 1.34. The molecule has 0 aliphatic heterocycles. The van der Waals surface area contributed by atoms with Gasteiger partial charge in [-0.3, -0.25) is 4.79 Å². The molecular formula is C9H8N2O4. The second-order valence-electron chi connectivity index (χ2n) is 3.24. The summed E-state index contributed by atoms with van der Waals surface area (Å²) in [5, 5.41) is 10.4. The predicted molar refractivity (Wildman–Crippen MR) is 49.9 cm³/mol. The molecule has 78 valence electrons. The average Bonchev–Trinajstić information content (AvgIpc) is 3.02. The summed E-state index contributed by atoms with van der Waals surface area (Å²) in [7, 11) is 0. The first-order valence-corrected chi connectivity index (χ1v) is 4.48. The van der Waals surface area contributed by atoms with Gasteiger partial charge in [0.2, 0.25) is 0 Å². The number of carbonyl (C=O) groups is 1. The van der Waals surface area contributed by atoms with Gasteiger partial charge in [0, 0.05) is 6.07 Å². The number of aromatic nitrogens is 1. The topological polar surface area (TPSA) is 82.3 Å². The molecule has 1 aromatic heterocycles. The van der Waals surface area contributed by atoms with Crippen LogP contribution in [0.5, 0.6) is 5.75 Å². The summed E-state index contributed by atoms with van der Waals surface area (Å²) >= 11 is 0. The Hall–Kier alpha value is -1.98. The van der Waals surface area contributed by atoms with Crippen LogP contribution in [-0.4, -0.2) is 22.3 Å². The summed E-state index contributed by atoms with van der Waals surface area (Å²) in [5.74, 6) is -0.0293. The normalized spacial score (nSPS) is 14.7. The zero-order chi connectivity index (χ0) is 10.8. The van der Waals surface area contributed by atoms with E-state index in [-0.39, 0.29) is 17.6 Å². The minimum Gasteiger partial charge on any atom is -0.486 e. The number of aldehydes is 1. The third kappa shape index (κ3) is 2.09. The van der Waals surface area contributed by atoms with Gasteiger partial charge >= 0.3 is 5.82 Å². The van der Waals surface area contributed by atoms with Crippen LogP contribution in [0.3, 0.4) is 0 Å². The van der Waals surface area contributed by atoms with Crippen LogP contribution in [0.15, 0.2) is 12.1 Å². The Labute approximate surface area is 85.0 Å². The maximum atomic E-state index is 10.6. The fraction of sp³-hybridized carbons (Fsp3) is 0.333. The van der Waals surface area contributed by atoms with E-state index >= 15 is 0 Å². The molecule has 0 atom stereocenters. The van der Waals surface area contributed by atoms with E-state index in [4.69, 9.17) is 4.74 Å². The SMILES string of the molecule is O=Cc1nc([N+](=O)[O-])ccc1OC1CC1. The summed E-state index contributed by atoms with van der Waals surface area (Å²) in [4.78, 5) is 24.0. The number of ether oxygens (including phenoxy) is 1. The second-order valence-corrected chi connectivity index (χ2v) is 3.24. The lowest BCUT2D eigenvalue weighted by Gasteiger charge is -2.02. The average molecular weight is 208 g/mol. The van der Waals surface area contributed by atoms with Crippen molar-refractivity contribution in [3.05, 3.63) is 27.9 Å². The Morgan fingerprint density at radius 3 is 2.80 bits per heavy atom. The Morgan fingerprint density at radius 1 is 1.53 bits per heavy atom. The van der Waals surface area contributed by atoms with E-state index in [2.05, 4.69) is 4.98 Å². The van der Waals surface area contributed by atoms with Gasteiger partial charge in [-0.1, -0.05) is 0 Å². The van der Waals surface area contributed by atoms with Crippen molar-refractivity contribution in [3.8, 4) is 5.75 Å². The van der Waals surface area contributed by atoms with Crippen LogP contribution in [0, 0.1) is 10.1 Å². The van der Waals surface area contributed by atoms with E-state index in [0.29, 0.717) is 12.0 Å². The van der Waals surface area contributed by atoms with Crippen molar-refractivity contribution in [1.29, 1.82) is 0 Å². The molecule has 0 unspecified atom stereocenters. The quantitative estimate of drug-likeness (QED) is 0.423. The Balaban J connectivity index is 2.29. The molecule has 2 rings (SSSR count). The van der Waals surface area contributed by atoms with Crippen molar-refractivity contribution in [2.45, 2.75) is 18.9 Å². The molecule has 15 heavy (non-hydrogen) atoms. The van der Waals surface area contributed by atoms with Crippen molar-refractivity contribution in [2.75, 3.05) is 0 Å². The molecular weight excluding hydrogens is 200 g/mol. The Morgan fingerprint density at radius 2 is 2.27 bits per heavy atom. The van der Waals surface area contributed by atoms with Crippen LogP contribution in [-0.2, 0) is 0 Å². The van der Waals surface area contributed by atoms with Crippen LogP contribution < -0.4 is 4.74 Å². The van der Waals surface area contributed by atoms with Crippen LogP contribution in [0.4, 0.5) is 5.82 Å². The van der Waals surface area contributed by atoms with Gasteiger partial charge in [-0.2, -0.15) is 0 Å². The maximum Gasteiger partial charge on any atom is 0.364 e. The number of carbonyl (C=O) groups excluding carboxylic acids is 1. The van der Waals surface area contributed by atoms with E-state index in [1.165, 1.54) is 12.1 Å². The Kier molecular flexibility index (Phi) is 2.32. The number of nitro groups is 1. The lowest BCUT2D eigenvalue weighted by atomic mass is 10.3. The largest absolute Gasteiger partial charge is 0.486 e. The molecule has 1 aliphatic rings. The van der Waals surface area contributed by atoms with Crippen molar-refractivity contribution in [3.63, 3.8) is 0 Å². The van der Waals surface area contributed by atoms with E-state index in [9.17, 15) is 14.9 Å². The number of nitrogens with zero attached hydrogens (tertiary/aromatic N) is 2. The molecule has 1 aromatic rings. The summed E-state index contributed by atoms with van der Waals surface area (Å²) in [6.07, 6.45) is 2.50. The first-order valence-electron chi connectivity index (χ1n) is 4.48. The molecule has 6 nitrogen and oxygen atoms in total. The monoisotopic (exact) mass is 208 g/mol. The highest BCUT2D eigenvalue weighted by Gasteiger charge is 2.26. The first-order chi connectivity index (χ1) is 7.20. The van der Waals surface area contributed by atoms with E-state index < -0.39 is 4.92 Å². The minimum absolute atomic E-state index is 0.0175. The molecule has 0 spiro atoms. The number of rotatable bonds is 4. The van der Waals surface area contributed by atoms with Gasteiger partial charge < -0.3 is 14.9 Å². The lowest BCUT2D eigenvalue weighted by Crippen LogP contribution is -2.03. The highest BCUT2D eigenvalue weighted by atomic mass is 16.6. The molecule has 1 aliphatic carbocycles. The fourth-order valence-electron chi connectivity index (χ4n) is 1.10. The zero-order valence-electron chi connectivity index (χ0n) is 7.75. The maximum absolute atomic E-state index is 10.6. The smallest absolute Gasteiger partial charge is 0.364 e. The van der Waals surface area contributed by atoms with Crippen molar-refractivity contribution in [1.82, 2.24) is 4.98 Å². The first kappa shape index (κ1) is 9.57. The molecule has 6 heteroatoms. The number of hydrogen-bond donors (Lipinski definition) is 0. The summed E-state index contributed by atoms with van der Waals surface area (Å²) in [6.45, 7) is 0. The highest BCUT2D eigenvalue weighted by Crippen LogP contribution is 2.28. The summed E-state index contributed by atoms with van der Waals surface area (Å²) in [5.41, 5.74) is -0.0175. The third-order valence-electron chi connectivity index (χ3n) is 1.99. The van der Waals surface area contributed by atoms with Crippen molar-refractivity contribution >= 4 is 12.1 Å². The highest BCUT2D eigenvalue weighted by molar-refractivity contribution is 5.76. The van der Waals surface area contributed by atoms with Crippen molar-refractivity contribution < 1.29 is 14.5 Å². The summed E-state index contributed by atoms with van der Waals surface area (Å²) < 4.78 is 5.37. The van der Waals surface area contributed by atoms with Crippen LogP contribution >= 0.6 is 0 Å². The molecule has 0 aromatic carbocycles. The van der Waals surface area contributed by atoms with Crippen LogP contribution in [0.25, 0.3) is 0 Å². The molecule has 0 radical (unpaired) electrons. The van der Waals surface area contributed by atoms with Crippen LogP contribution in [0.2, 0.25) is 0 Å². The number of hydrogen-bond acceptors (Lipinski definition) is 5. The standard InChI is InChI=1S/C9H8N2O4/c12-5-7-8(15-6-1-2-6)3-4-9(10-7)11(13)14/h3-6H,1-2H2. The van der Waals surface area contributed by atoms with E-state index in [1.807, 2.05) is 0 Å². The van der Waals surface area contributed by atoms with Gasteiger partial charge in [-0.15, -0.1) is 0 Å². The fourth-order valence-corrected chi connectivity index (χ4v) is 1.10. The zero-order valence-corrected chi connectivity index (χ0v) is 7.75. The molecule has 1 fully saturated rings. The van der Waals surface area contributed by atoms with Gasteiger partial charge in [-0.25, -0.2) is 0 Å². The van der Waals surface area contributed by atoms with Gasteiger partial charge in [0.05, 0.1) is 6.10 Å². The minimum atomic E-state index is -0.645. The van der Waals surface area contributed by atoms with Gasteiger partial charge in [0.25, 0.3) is 5.69 Å². The lowest BCUT2D eigenvalue weighted by molar-refractivity contribution is -0.389. The van der Waals surface area contributed by atoms with Gasteiger partial charge in [0.1, 0.15) is 0 Å². The van der Waals surface area contributed by atoms with Crippen molar-refractivity contribution in [2.24, 2.45) is 0 Å². The number of pyridine rings is 1. The Bertz CT molecular complexity index is 415. The molecule has 0 saturated heterocycles. The third-order valence-corrected chi connectivity index (χ3v) is 1.99. The van der Waals surface area contributed by atoms with E-state index in [0.717, 1.165) is 12.8 Å². The van der Waals surface area contributed by atoms with Gasteiger partial charge in [-0.05, 0) is 28.8 Å².